The van der Waals surface area contributed by atoms with Gasteiger partial charge in [0.25, 0.3) is 0 Å². The van der Waals surface area contributed by atoms with Crippen LogP contribution in [0.1, 0.15) is 194 Å². The van der Waals surface area contributed by atoms with E-state index >= 15 is 0 Å². The molecule has 0 aromatic rings. The minimum Gasteiger partial charge on any atom is -0.391 e. The van der Waals surface area contributed by atoms with Crippen molar-refractivity contribution in [1.82, 2.24) is 5.32 Å². The third-order valence-corrected chi connectivity index (χ3v) is 10.4. The highest BCUT2D eigenvalue weighted by atomic mass is 31.2. The van der Waals surface area contributed by atoms with Gasteiger partial charge in [0.05, 0.1) is 37.9 Å². The Morgan fingerprint density at radius 1 is 0.686 bits per heavy atom. The lowest BCUT2D eigenvalue weighted by atomic mass is 10.0. The van der Waals surface area contributed by atoms with Gasteiger partial charge >= 0.3 is 7.82 Å². The van der Waals surface area contributed by atoms with Crippen LogP contribution in [0.3, 0.4) is 0 Å². The zero-order chi connectivity index (χ0) is 37.7. The number of phosphoric acid groups is 1. The molecule has 0 rings (SSSR count). The Balaban J connectivity index is 4.34. The minimum atomic E-state index is -4.38. The van der Waals surface area contributed by atoms with E-state index in [0.717, 1.165) is 25.7 Å². The number of phosphoric ester groups is 1. The molecule has 4 unspecified atom stereocenters. The smallest absolute Gasteiger partial charge is 0.391 e. The van der Waals surface area contributed by atoms with E-state index in [1.807, 2.05) is 6.08 Å². The van der Waals surface area contributed by atoms with Gasteiger partial charge in [-0.05, 0) is 25.7 Å². The van der Waals surface area contributed by atoms with E-state index in [-0.39, 0.29) is 19.6 Å². The highest BCUT2D eigenvalue weighted by molar-refractivity contribution is 7.47. The Bertz CT molecular complexity index is 873. The SMILES string of the molecule is CCCCCCCC/C=C\C/C=C\C(O)CC(=O)NC(COP(=O)(O)OCCN)C(O)CCCCCCCCCCCCCCCCCCCC. The van der Waals surface area contributed by atoms with Crippen molar-refractivity contribution in [1.29, 1.82) is 0 Å². The van der Waals surface area contributed by atoms with E-state index in [0.29, 0.717) is 12.8 Å². The Labute approximate surface area is 313 Å². The molecule has 51 heavy (non-hydrogen) atoms. The van der Waals surface area contributed by atoms with Gasteiger partial charge in [-0.25, -0.2) is 4.57 Å². The first-order valence-electron chi connectivity index (χ1n) is 21.0. The molecule has 0 aromatic heterocycles. The van der Waals surface area contributed by atoms with Crippen molar-refractivity contribution in [2.45, 2.75) is 212 Å². The molecule has 0 aromatic carbocycles. The molecule has 0 aliphatic carbocycles. The van der Waals surface area contributed by atoms with Crippen LogP contribution in [-0.2, 0) is 18.4 Å². The van der Waals surface area contributed by atoms with Crippen LogP contribution in [0.2, 0.25) is 0 Å². The predicted octanol–water partition coefficient (Wildman–Crippen LogP) is 10.4. The number of hydrogen-bond acceptors (Lipinski definition) is 7. The summed E-state index contributed by atoms with van der Waals surface area (Å²) < 4.78 is 22.1. The second kappa shape index (κ2) is 37.3. The summed E-state index contributed by atoms with van der Waals surface area (Å²) >= 11 is 0. The van der Waals surface area contributed by atoms with Crippen molar-refractivity contribution in [3.05, 3.63) is 24.3 Å². The third-order valence-electron chi connectivity index (χ3n) is 9.37. The van der Waals surface area contributed by atoms with Gasteiger partial charge in [-0.15, -0.1) is 0 Å². The molecule has 0 aliphatic rings. The number of carbonyl (C=O) groups excluding carboxylic acids is 1. The van der Waals surface area contributed by atoms with Crippen LogP contribution in [0, 0.1) is 0 Å². The standard InChI is InChI=1S/C41H81N2O7P/c1-3-5-7-9-11-13-15-16-17-18-19-20-21-23-25-27-29-31-33-40(45)39(37-50-51(47,48)49-35-34-42)43-41(46)36-38(44)32-30-28-26-24-22-14-12-10-8-6-4-2/h24,26,30,32,38-40,44-45H,3-23,25,27-29,31,33-37,42H2,1-2H3,(H,43,46)(H,47,48)/b26-24-,32-30-. The molecule has 302 valence electrons. The van der Waals surface area contributed by atoms with E-state index in [1.165, 1.54) is 135 Å². The Morgan fingerprint density at radius 3 is 1.65 bits per heavy atom. The summed E-state index contributed by atoms with van der Waals surface area (Å²) in [4.78, 5) is 22.7. The van der Waals surface area contributed by atoms with Gasteiger partial charge in [0.2, 0.25) is 5.91 Å². The van der Waals surface area contributed by atoms with E-state index in [1.54, 1.807) is 6.08 Å². The minimum absolute atomic E-state index is 0.0520. The summed E-state index contributed by atoms with van der Waals surface area (Å²) in [5.41, 5.74) is 5.36. The molecule has 0 radical (unpaired) electrons. The quantitative estimate of drug-likeness (QED) is 0.0237. The average Bonchev–Trinajstić information content (AvgIpc) is 3.10. The Morgan fingerprint density at radius 2 is 1.16 bits per heavy atom. The molecule has 0 heterocycles. The second-order valence-corrected chi connectivity index (χ2v) is 15.8. The van der Waals surface area contributed by atoms with Crippen molar-refractivity contribution >= 4 is 13.7 Å². The summed E-state index contributed by atoms with van der Waals surface area (Å²) in [6, 6.07) is -0.925. The largest absolute Gasteiger partial charge is 0.472 e. The lowest BCUT2D eigenvalue weighted by molar-refractivity contribution is -0.124. The number of hydrogen-bond donors (Lipinski definition) is 5. The molecule has 9 nitrogen and oxygen atoms in total. The number of nitrogens with one attached hydrogen (secondary N) is 1. The molecule has 0 bridgehead atoms. The predicted molar refractivity (Wildman–Crippen MR) is 214 cm³/mol. The van der Waals surface area contributed by atoms with Gasteiger partial charge < -0.3 is 26.2 Å². The maximum atomic E-state index is 12.7. The molecule has 0 saturated carbocycles. The number of rotatable bonds is 39. The maximum absolute atomic E-state index is 12.7. The highest BCUT2D eigenvalue weighted by Gasteiger charge is 2.28. The topological polar surface area (TPSA) is 151 Å². The van der Waals surface area contributed by atoms with Crippen LogP contribution in [0.4, 0.5) is 0 Å². The van der Waals surface area contributed by atoms with Crippen LogP contribution in [-0.4, -0.2) is 59.0 Å². The summed E-state index contributed by atoms with van der Waals surface area (Å²) in [6.07, 6.45) is 38.2. The molecule has 0 spiro atoms. The van der Waals surface area contributed by atoms with Crippen molar-refractivity contribution in [3.63, 3.8) is 0 Å². The van der Waals surface area contributed by atoms with Crippen molar-refractivity contribution in [2.24, 2.45) is 5.73 Å². The maximum Gasteiger partial charge on any atom is 0.472 e. The van der Waals surface area contributed by atoms with Crippen molar-refractivity contribution in [3.8, 4) is 0 Å². The van der Waals surface area contributed by atoms with Crippen LogP contribution in [0.15, 0.2) is 24.3 Å². The second-order valence-electron chi connectivity index (χ2n) is 14.4. The summed E-state index contributed by atoms with van der Waals surface area (Å²) in [5.74, 6) is -0.480. The third kappa shape index (κ3) is 35.7. The van der Waals surface area contributed by atoms with Gasteiger partial charge in [0.15, 0.2) is 0 Å². The molecular weight excluding hydrogens is 663 g/mol. The van der Waals surface area contributed by atoms with Crippen molar-refractivity contribution < 1.29 is 33.5 Å². The normalized spacial score (nSPS) is 15.0. The molecule has 0 saturated heterocycles. The van der Waals surface area contributed by atoms with E-state index in [2.05, 4.69) is 31.3 Å². The summed E-state index contributed by atoms with van der Waals surface area (Å²) in [7, 11) is -4.38. The molecular formula is C41H81N2O7P. The Kier molecular flexibility index (Phi) is 36.5. The number of aliphatic hydroxyl groups is 2. The zero-order valence-corrected chi connectivity index (χ0v) is 33.9. The number of allylic oxidation sites excluding steroid dienone is 3. The first-order valence-corrected chi connectivity index (χ1v) is 22.5. The number of nitrogens with two attached hydrogens (primary N) is 1. The average molecular weight is 745 g/mol. The fourth-order valence-electron chi connectivity index (χ4n) is 6.18. The number of aliphatic hydroxyl groups excluding tert-OH is 2. The van der Waals surface area contributed by atoms with Crippen LogP contribution in [0.25, 0.3) is 0 Å². The molecule has 0 fully saturated rings. The first kappa shape index (κ1) is 49.9. The highest BCUT2D eigenvalue weighted by Crippen LogP contribution is 2.43. The summed E-state index contributed by atoms with van der Waals surface area (Å²) in [5, 5.41) is 24.0. The lowest BCUT2D eigenvalue weighted by Crippen LogP contribution is -2.47. The summed E-state index contributed by atoms with van der Waals surface area (Å²) in [6.45, 7) is 3.99. The van der Waals surface area contributed by atoms with E-state index in [9.17, 15) is 24.5 Å². The monoisotopic (exact) mass is 745 g/mol. The van der Waals surface area contributed by atoms with Gasteiger partial charge in [0, 0.05) is 6.54 Å². The van der Waals surface area contributed by atoms with Gasteiger partial charge in [-0.3, -0.25) is 13.8 Å². The number of amides is 1. The Hall–Kier alpha value is -1.06. The van der Waals surface area contributed by atoms with Crippen LogP contribution < -0.4 is 11.1 Å². The fraction of sp³-hybridized carbons (Fsp3) is 0.878. The number of carbonyl (C=O) groups is 1. The number of unbranched alkanes of at least 4 members (excludes halogenated alkanes) is 23. The molecule has 1 amide bonds. The van der Waals surface area contributed by atoms with E-state index < -0.39 is 38.6 Å². The first-order chi connectivity index (χ1) is 24.8. The zero-order valence-electron chi connectivity index (χ0n) is 33.0. The molecule has 6 N–H and O–H groups in total. The fourth-order valence-corrected chi connectivity index (χ4v) is 6.94. The van der Waals surface area contributed by atoms with Gasteiger partial charge in [-0.2, -0.15) is 0 Å². The van der Waals surface area contributed by atoms with Gasteiger partial charge in [0.1, 0.15) is 0 Å². The molecule has 10 heteroatoms. The lowest BCUT2D eigenvalue weighted by Gasteiger charge is -2.25. The molecule has 0 aliphatic heterocycles. The van der Waals surface area contributed by atoms with Gasteiger partial charge in [-0.1, -0.05) is 186 Å². The van der Waals surface area contributed by atoms with Crippen LogP contribution in [0.5, 0.6) is 0 Å². The van der Waals surface area contributed by atoms with Crippen molar-refractivity contribution in [2.75, 3.05) is 19.8 Å². The van der Waals surface area contributed by atoms with E-state index in [4.69, 9.17) is 14.8 Å². The van der Waals surface area contributed by atoms with Crippen LogP contribution >= 0.6 is 7.82 Å². The molecule has 4 atom stereocenters.